The largest absolute Gasteiger partial charge is 0.464 e. The highest BCUT2D eigenvalue weighted by Gasteiger charge is 1.99. The lowest BCUT2D eigenvalue weighted by molar-refractivity contribution is 0.582. The lowest BCUT2D eigenvalue weighted by Crippen LogP contribution is -1.75. The van der Waals surface area contributed by atoms with Crippen LogP contribution in [0.15, 0.2) is 52.0 Å². The molecule has 0 spiro atoms. The Morgan fingerprint density at radius 2 is 1.93 bits per heavy atom. The minimum absolute atomic E-state index is 0.929. The second-order valence-corrected chi connectivity index (χ2v) is 4.27. The molecule has 2 rings (SSSR count). The Kier molecular flexibility index (Phi) is 2.94. The van der Waals surface area contributed by atoms with Gasteiger partial charge in [-0.25, -0.2) is 0 Å². The zero-order valence-electron chi connectivity index (χ0n) is 8.07. The van der Waals surface area contributed by atoms with Gasteiger partial charge in [-0.15, -0.1) is 11.8 Å². The van der Waals surface area contributed by atoms with E-state index in [1.807, 2.05) is 23.9 Å². The first-order chi connectivity index (χ1) is 6.90. The summed E-state index contributed by atoms with van der Waals surface area (Å²) in [6.45, 7) is 2.16. The van der Waals surface area contributed by atoms with E-state index in [1.54, 1.807) is 6.26 Å². The van der Waals surface area contributed by atoms with Gasteiger partial charge in [0.25, 0.3) is 0 Å². The van der Waals surface area contributed by atoms with Crippen molar-refractivity contribution in [1.29, 1.82) is 0 Å². The number of hydrogen-bond donors (Lipinski definition) is 0. The highest BCUT2D eigenvalue weighted by Crippen LogP contribution is 2.24. The van der Waals surface area contributed by atoms with Crippen molar-refractivity contribution in [1.82, 2.24) is 0 Å². The summed E-state index contributed by atoms with van der Waals surface area (Å²) in [5.74, 6) is 2.04. The van der Waals surface area contributed by atoms with E-state index in [0.717, 1.165) is 17.1 Å². The van der Waals surface area contributed by atoms with Gasteiger partial charge in [-0.05, 0) is 30.0 Å². The fraction of sp³-hybridized carbons (Fsp3) is 0.167. The van der Waals surface area contributed by atoms with Crippen LogP contribution in [0.3, 0.4) is 0 Å². The Balaban J connectivity index is 2.22. The molecule has 0 aliphatic heterocycles. The minimum atomic E-state index is 0.929. The lowest BCUT2D eigenvalue weighted by atomic mass is 10.2. The van der Waals surface area contributed by atoms with Crippen LogP contribution in [0.4, 0.5) is 0 Å². The molecule has 1 heterocycles. The average molecular weight is 204 g/mol. The molecular formula is C12H12OS. The minimum Gasteiger partial charge on any atom is -0.464 e. The highest BCUT2D eigenvalue weighted by atomic mass is 32.2. The van der Waals surface area contributed by atoms with Crippen molar-refractivity contribution in [2.45, 2.75) is 11.8 Å². The molecule has 0 N–H and O–H groups in total. The number of rotatable bonds is 3. The monoisotopic (exact) mass is 204 g/mol. The summed E-state index contributed by atoms with van der Waals surface area (Å²) in [6, 6.07) is 12.3. The Bertz CT molecular complexity index is 375. The van der Waals surface area contributed by atoms with Crippen LogP contribution in [0.5, 0.6) is 0 Å². The van der Waals surface area contributed by atoms with E-state index >= 15 is 0 Å². The van der Waals surface area contributed by atoms with Gasteiger partial charge in [-0.3, -0.25) is 0 Å². The van der Waals surface area contributed by atoms with Gasteiger partial charge in [0.15, 0.2) is 0 Å². The molecule has 2 heteroatoms. The van der Waals surface area contributed by atoms with Crippen molar-refractivity contribution in [3.8, 4) is 11.3 Å². The van der Waals surface area contributed by atoms with Crippen molar-refractivity contribution in [3.63, 3.8) is 0 Å². The van der Waals surface area contributed by atoms with Crippen molar-refractivity contribution in [3.05, 3.63) is 42.7 Å². The molecule has 1 nitrogen and oxygen atoms in total. The fourth-order valence-electron chi connectivity index (χ4n) is 1.32. The zero-order chi connectivity index (χ0) is 9.80. The summed E-state index contributed by atoms with van der Waals surface area (Å²) in [5.41, 5.74) is 1.13. The second kappa shape index (κ2) is 4.38. The molecule has 0 aliphatic carbocycles. The van der Waals surface area contributed by atoms with Crippen LogP contribution in [0.25, 0.3) is 11.3 Å². The van der Waals surface area contributed by atoms with Crippen LogP contribution in [0, 0.1) is 0 Å². The highest BCUT2D eigenvalue weighted by molar-refractivity contribution is 7.99. The predicted molar refractivity (Wildman–Crippen MR) is 60.5 cm³/mol. The Morgan fingerprint density at radius 1 is 1.14 bits per heavy atom. The molecule has 1 aromatic heterocycles. The van der Waals surface area contributed by atoms with E-state index in [2.05, 4.69) is 31.2 Å². The van der Waals surface area contributed by atoms with Gasteiger partial charge in [0.2, 0.25) is 0 Å². The summed E-state index contributed by atoms with van der Waals surface area (Å²) in [4.78, 5) is 1.31. The molecular weight excluding hydrogens is 192 g/mol. The van der Waals surface area contributed by atoms with E-state index in [9.17, 15) is 0 Å². The van der Waals surface area contributed by atoms with Crippen LogP contribution in [0.2, 0.25) is 0 Å². The SMILES string of the molecule is CCSc1ccc(-c2ccco2)cc1. The van der Waals surface area contributed by atoms with Crippen molar-refractivity contribution >= 4 is 11.8 Å². The van der Waals surface area contributed by atoms with Gasteiger partial charge in [0.1, 0.15) is 5.76 Å². The number of hydrogen-bond acceptors (Lipinski definition) is 2. The normalized spacial score (nSPS) is 10.4. The molecule has 2 aromatic rings. The first-order valence-corrected chi connectivity index (χ1v) is 5.65. The van der Waals surface area contributed by atoms with Gasteiger partial charge in [-0.2, -0.15) is 0 Å². The molecule has 0 aliphatic rings. The number of benzene rings is 1. The molecule has 0 saturated carbocycles. The summed E-state index contributed by atoms with van der Waals surface area (Å²) < 4.78 is 5.31. The van der Waals surface area contributed by atoms with E-state index in [4.69, 9.17) is 4.42 Å². The second-order valence-electron chi connectivity index (χ2n) is 2.93. The van der Waals surface area contributed by atoms with Gasteiger partial charge < -0.3 is 4.42 Å². The van der Waals surface area contributed by atoms with E-state index in [-0.39, 0.29) is 0 Å². The smallest absolute Gasteiger partial charge is 0.133 e. The third-order valence-corrected chi connectivity index (χ3v) is 2.87. The van der Waals surface area contributed by atoms with Crippen LogP contribution in [-0.4, -0.2) is 5.75 Å². The van der Waals surface area contributed by atoms with Gasteiger partial charge >= 0.3 is 0 Å². The molecule has 0 fully saturated rings. The molecule has 1 aromatic carbocycles. The maximum Gasteiger partial charge on any atom is 0.133 e. The topological polar surface area (TPSA) is 13.1 Å². The Hall–Kier alpha value is -1.15. The standard InChI is InChI=1S/C12H12OS/c1-2-14-11-7-5-10(6-8-11)12-4-3-9-13-12/h3-9H,2H2,1H3. The zero-order valence-corrected chi connectivity index (χ0v) is 8.88. The van der Waals surface area contributed by atoms with Crippen molar-refractivity contribution < 1.29 is 4.42 Å². The van der Waals surface area contributed by atoms with Gasteiger partial charge in [-0.1, -0.05) is 19.1 Å². The van der Waals surface area contributed by atoms with Crippen molar-refractivity contribution in [2.24, 2.45) is 0 Å². The number of thioether (sulfide) groups is 1. The Morgan fingerprint density at radius 3 is 2.50 bits per heavy atom. The van der Waals surface area contributed by atoms with E-state index in [1.165, 1.54) is 4.90 Å². The van der Waals surface area contributed by atoms with Gasteiger partial charge in [0.05, 0.1) is 6.26 Å². The summed E-state index contributed by atoms with van der Waals surface area (Å²) >= 11 is 1.85. The maximum absolute atomic E-state index is 5.31. The molecule has 0 radical (unpaired) electrons. The molecule has 0 bridgehead atoms. The molecule has 0 amide bonds. The third kappa shape index (κ3) is 2.02. The summed E-state index contributed by atoms with van der Waals surface area (Å²) in [5, 5.41) is 0. The number of furan rings is 1. The first kappa shape index (κ1) is 9.41. The molecule has 0 unspecified atom stereocenters. The van der Waals surface area contributed by atoms with Crippen LogP contribution in [0.1, 0.15) is 6.92 Å². The fourth-order valence-corrected chi connectivity index (χ4v) is 1.99. The van der Waals surface area contributed by atoms with E-state index in [0.29, 0.717) is 0 Å². The predicted octanol–water partition coefficient (Wildman–Crippen LogP) is 4.06. The average Bonchev–Trinajstić information content (AvgIpc) is 2.72. The van der Waals surface area contributed by atoms with Crippen LogP contribution in [-0.2, 0) is 0 Å². The molecule has 14 heavy (non-hydrogen) atoms. The van der Waals surface area contributed by atoms with E-state index < -0.39 is 0 Å². The maximum atomic E-state index is 5.31. The third-order valence-electron chi connectivity index (χ3n) is 1.97. The van der Waals surface area contributed by atoms with Crippen LogP contribution >= 0.6 is 11.8 Å². The summed E-state index contributed by atoms with van der Waals surface area (Å²) in [7, 11) is 0. The first-order valence-electron chi connectivity index (χ1n) is 4.67. The van der Waals surface area contributed by atoms with Gasteiger partial charge in [0, 0.05) is 10.5 Å². The molecule has 0 atom stereocenters. The van der Waals surface area contributed by atoms with Crippen molar-refractivity contribution in [2.75, 3.05) is 5.75 Å². The quantitative estimate of drug-likeness (QED) is 0.699. The Labute approximate surface area is 88.1 Å². The summed E-state index contributed by atoms with van der Waals surface area (Å²) in [6.07, 6.45) is 1.70. The lowest BCUT2D eigenvalue weighted by Gasteiger charge is -1.99. The molecule has 72 valence electrons. The molecule has 0 saturated heterocycles. The van der Waals surface area contributed by atoms with Crippen LogP contribution < -0.4 is 0 Å².